The lowest BCUT2D eigenvalue weighted by Crippen LogP contribution is -2.33. The summed E-state index contributed by atoms with van der Waals surface area (Å²) in [4.78, 5) is 18.6. The fraction of sp³-hybridized carbons (Fsp3) is 0.467. The molecule has 0 aliphatic rings. The number of likely N-dealkylation sites (N-methyl/N-ethyl adjacent to an activating group) is 1. The summed E-state index contributed by atoms with van der Waals surface area (Å²) >= 11 is 1.45. The van der Waals surface area contributed by atoms with Crippen molar-refractivity contribution in [3.8, 4) is 0 Å². The smallest absolute Gasteiger partial charge is 0.240 e. The largest absolute Gasteiger partial charge is 0.399 e. The second-order valence-electron chi connectivity index (χ2n) is 5.02. The van der Waals surface area contributed by atoms with E-state index in [1.807, 2.05) is 18.2 Å². The molecular weight excluding hydrogens is 284 g/mol. The second kappa shape index (κ2) is 7.38. The van der Waals surface area contributed by atoms with Crippen molar-refractivity contribution in [3.63, 3.8) is 0 Å². The average Bonchev–Trinajstić information content (AvgIpc) is 2.84. The van der Waals surface area contributed by atoms with Gasteiger partial charge in [0.25, 0.3) is 0 Å². The molecule has 0 radical (unpaired) electrons. The number of unbranched alkanes of at least 4 members (excludes halogenated alkanes) is 1. The van der Waals surface area contributed by atoms with Crippen LogP contribution >= 0.6 is 11.3 Å². The molecule has 21 heavy (non-hydrogen) atoms. The Kier molecular flexibility index (Phi) is 5.52. The first-order valence-electron chi connectivity index (χ1n) is 7.30. The van der Waals surface area contributed by atoms with Crippen molar-refractivity contribution in [2.45, 2.75) is 26.7 Å². The zero-order valence-corrected chi connectivity index (χ0v) is 13.4. The van der Waals surface area contributed by atoms with Gasteiger partial charge in [-0.3, -0.25) is 9.69 Å². The first-order valence-corrected chi connectivity index (χ1v) is 8.12. The molecule has 3 N–H and O–H groups in total. The summed E-state index contributed by atoms with van der Waals surface area (Å²) in [5.41, 5.74) is 7.32. The molecule has 0 saturated heterocycles. The van der Waals surface area contributed by atoms with Crippen molar-refractivity contribution < 1.29 is 4.79 Å². The number of hydrogen-bond acceptors (Lipinski definition) is 5. The van der Waals surface area contributed by atoms with Crippen molar-refractivity contribution in [2.24, 2.45) is 0 Å². The Morgan fingerprint density at radius 2 is 2.24 bits per heavy atom. The summed E-state index contributed by atoms with van der Waals surface area (Å²) in [6.07, 6.45) is 2.25. The van der Waals surface area contributed by atoms with Gasteiger partial charge in [-0.2, -0.15) is 0 Å². The van der Waals surface area contributed by atoms with Gasteiger partial charge in [-0.15, -0.1) is 0 Å². The number of aromatic nitrogens is 1. The molecule has 114 valence electrons. The number of carbonyl (C=O) groups is 1. The molecule has 0 spiro atoms. The van der Waals surface area contributed by atoms with Gasteiger partial charge in [0.1, 0.15) is 0 Å². The zero-order valence-electron chi connectivity index (χ0n) is 12.6. The average molecular weight is 306 g/mol. The van der Waals surface area contributed by atoms with Crippen molar-refractivity contribution in [1.82, 2.24) is 9.88 Å². The number of nitrogens with two attached hydrogens (primary N) is 1. The third kappa shape index (κ3) is 4.41. The van der Waals surface area contributed by atoms with Crippen LogP contribution in [0, 0.1) is 0 Å². The SMILES string of the molecule is CCCCN(CC)CC(=O)Nc1nc2ccc(N)cc2s1. The van der Waals surface area contributed by atoms with Crippen LogP contribution in [0.2, 0.25) is 0 Å². The first-order chi connectivity index (χ1) is 10.1. The van der Waals surface area contributed by atoms with Crippen molar-refractivity contribution in [3.05, 3.63) is 18.2 Å². The highest BCUT2D eigenvalue weighted by Gasteiger charge is 2.11. The summed E-state index contributed by atoms with van der Waals surface area (Å²) in [5, 5.41) is 3.51. The molecule has 0 atom stereocenters. The van der Waals surface area contributed by atoms with Gasteiger partial charge in [-0.25, -0.2) is 4.98 Å². The number of benzene rings is 1. The van der Waals surface area contributed by atoms with Gasteiger partial charge in [-0.05, 0) is 37.7 Å². The molecule has 0 aliphatic heterocycles. The van der Waals surface area contributed by atoms with Crippen LogP contribution in [-0.2, 0) is 4.79 Å². The van der Waals surface area contributed by atoms with E-state index >= 15 is 0 Å². The molecule has 0 fully saturated rings. The van der Waals surface area contributed by atoms with E-state index in [1.54, 1.807) is 0 Å². The maximum atomic E-state index is 12.1. The van der Waals surface area contributed by atoms with Crippen LogP contribution in [0.3, 0.4) is 0 Å². The van der Waals surface area contributed by atoms with E-state index in [-0.39, 0.29) is 5.91 Å². The predicted octanol–water partition coefficient (Wildman–Crippen LogP) is 2.94. The number of nitrogens with one attached hydrogen (secondary N) is 1. The number of nitrogens with zero attached hydrogens (tertiary/aromatic N) is 2. The Bertz CT molecular complexity index is 611. The highest BCUT2D eigenvalue weighted by Crippen LogP contribution is 2.27. The quantitative estimate of drug-likeness (QED) is 0.772. The fourth-order valence-corrected chi connectivity index (χ4v) is 3.02. The Morgan fingerprint density at radius 1 is 1.43 bits per heavy atom. The number of rotatable bonds is 7. The van der Waals surface area contributed by atoms with E-state index in [1.165, 1.54) is 11.3 Å². The number of carbonyl (C=O) groups excluding carboxylic acids is 1. The van der Waals surface area contributed by atoms with Crippen molar-refractivity contribution in [2.75, 3.05) is 30.7 Å². The predicted molar refractivity (Wildman–Crippen MR) is 89.7 cm³/mol. The monoisotopic (exact) mass is 306 g/mol. The van der Waals surface area contributed by atoms with Crippen molar-refractivity contribution >= 4 is 38.3 Å². The molecule has 5 nitrogen and oxygen atoms in total. The van der Waals surface area contributed by atoms with Gasteiger partial charge >= 0.3 is 0 Å². The van der Waals surface area contributed by atoms with Gasteiger partial charge in [0.05, 0.1) is 16.8 Å². The Hall–Kier alpha value is -1.66. The molecule has 2 aromatic rings. The highest BCUT2D eigenvalue weighted by atomic mass is 32.1. The van der Waals surface area contributed by atoms with Crippen LogP contribution < -0.4 is 11.1 Å². The van der Waals surface area contributed by atoms with E-state index in [0.29, 0.717) is 17.4 Å². The van der Waals surface area contributed by atoms with Crippen LogP contribution in [0.1, 0.15) is 26.7 Å². The number of fused-ring (bicyclic) bond motifs is 1. The van der Waals surface area contributed by atoms with Crippen LogP contribution in [0.5, 0.6) is 0 Å². The molecule has 0 saturated carbocycles. The molecule has 0 aliphatic carbocycles. The normalized spacial score (nSPS) is 11.2. The van der Waals surface area contributed by atoms with Crippen molar-refractivity contribution in [1.29, 1.82) is 0 Å². The van der Waals surface area contributed by atoms with E-state index < -0.39 is 0 Å². The van der Waals surface area contributed by atoms with Gasteiger partial charge < -0.3 is 11.1 Å². The molecule has 1 heterocycles. The van der Waals surface area contributed by atoms with Gasteiger partial charge in [0.2, 0.25) is 5.91 Å². The summed E-state index contributed by atoms with van der Waals surface area (Å²) < 4.78 is 0.989. The van der Waals surface area contributed by atoms with E-state index in [0.717, 1.165) is 36.1 Å². The van der Waals surface area contributed by atoms with Gasteiger partial charge in [0.15, 0.2) is 5.13 Å². The minimum absolute atomic E-state index is 0.0139. The van der Waals surface area contributed by atoms with E-state index in [2.05, 4.69) is 29.0 Å². The number of hydrogen-bond donors (Lipinski definition) is 2. The highest BCUT2D eigenvalue weighted by molar-refractivity contribution is 7.22. The number of amides is 1. The number of nitrogen functional groups attached to an aromatic ring is 1. The van der Waals surface area contributed by atoms with Crippen LogP contribution in [0.4, 0.5) is 10.8 Å². The van der Waals surface area contributed by atoms with Gasteiger partial charge in [0, 0.05) is 5.69 Å². The first kappa shape index (κ1) is 15.7. The summed E-state index contributed by atoms with van der Waals surface area (Å²) in [6, 6.07) is 5.57. The number of anilines is 2. The molecule has 1 amide bonds. The van der Waals surface area contributed by atoms with Gasteiger partial charge in [-0.1, -0.05) is 31.6 Å². The zero-order chi connectivity index (χ0) is 15.2. The Balaban J connectivity index is 1.97. The summed E-state index contributed by atoms with van der Waals surface area (Å²) in [7, 11) is 0. The minimum Gasteiger partial charge on any atom is -0.399 e. The molecule has 1 aromatic heterocycles. The Morgan fingerprint density at radius 3 is 2.95 bits per heavy atom. The molecule has 0 bridgehead atoms. The lowest BCUT2D eigenvalue weighted by Gasteiger charge is -2.18. The maximum Gasteiger partial charge on any atom is 0.240 e. The van der Waals surface area contributed by atoms with Crippen LogP contribution in [0.15, 0.2) is 18.2 Å². The lowest BCUT2D eigenvalue weighted by molar-refractivity contribution is -0.117. The lowest BCUT2D eigenvalue weighted by atomic mass is 10.3. The summed E-state index contributed by atoms with van der Waals surface area (Å²) in [6.45, 7) is 6.47. The third-order valence-corrected chi connectivity index (χ3v) is 4.23. The minimum atomic E-state index is -0.0139. The molecule has 0 unspecified atom stereocenters. The molecule has 1 aromatic carbocycles. The second-order valence-corrected chi connectivity index (χ2v) is 6.05. The molecule has 2 rings (SSSR count). The standard InChI is InChI=1S/C15H22N4OS/c1-3-5-8-19(4-2)10-14(20)18-15-17-12-7-6-11(16)9-13(12)21-15/h6-7,9H,3-5,8,10,16H2,1-2H3,(H,17,18,20). The maximum absolute atomic E-state index is 12.1. The van der Waals surface area contributed by atoms with E-state index in [9.17, 15) is 4.79 Å². The Labute approximate surface area is 129 Å². The van der Waals surface area contributed by atoms with E-state index in [4.69, 9.17) is 5.73 Å². The molecular formula is C15H22N4OS. The molecule has 6 heteroatoms. The fourth-order valence-electron chi connectivity index (χ4n) is 2.09. The topological polar surface area (TPSA) is 71.2 Å². The third-order valence-electron chi connectivity index (χ3n) is 3.30. The number of thiazole rings is 1. The van der Waals surface area contributed by atoms with Crippen LogP contribution in [0.25, 0.3) is 10.2 Å². The summed E-state index contributed by atoms with van der Waals surface area (Å²) in [5.74, 6) is -0.0139. The van der Waals surface area contributed by atoms with Crippen LogP contribution in [-0.4, -0.2) is 35.4 Å².